The fourth-order valence-electron chi connectivity index (χ4n) is 2.40. The molecule has 1 fully saturated rings. The van der Waals surface area contributed by atoms with E-state index in [2.05, 4.69) is 0 Å². The van der Waals surface area contributed by atoms with E-state index in [0.29, 0.717) is 12.8 Å². The number of unbranched alkanes of at least 4 members (excludes halogenated alkanes) is 1. The van der Waals surface area contributed by atoms with Crippen molar-refractivity contribution in [2.24, 2.45) is 11.8 Å². The monoisotopic (exact) mass is 214 g/mol. The first-order valence-corrected chi connectivity index (χ1v) is 6.01. The predicted molar refractivity (Wildman–Crippen MR) is 58.6 cm³/mol. The molecule has 1 rings (SSSR count). The zero-order valence-corrected chi connectivity index (χ0v) is 9.70. The van der Waals surface area contributed by atoms with Crippen LogP contribution in [0.5, 0.6) is 0 Å². The normalized spacial score (nSPS) is 22.1. The summed E-state index contributed by atoms with van der Waals surface area (Å²) in [6.07, 6.45) is 4.99. The van der Waals surface area contributed by atoms with Gasteiger partial charge in [-0.3, -0.25) is 4.79 Å². The molecule has 3 heteroatoms. The van der Waals surface area contributed by atoms with Gasteiger partial charge in [-0.2, -0.15) is 0 Å². The van der Waals surface area contributed by atoms with Gasteiger partial charge >= 0.3 is 5.97 Å². The molecule has 0 aliphatic heterocycles. The number of carboxylic acid groups (broad SMARTS) is 1. The summed E-state index contributed by atoms with van der Waals surface area (Å²) in [6.45, 7) is 3.93. The molecule has 15 heavy (non-hydrogen) atoms. The van der Waals surface area contributed by atoms with Crippen molar-refractivity contribution in [1.82, 2.24) is 0 Å². The summed E-state index contributed by atoms with van der Waals surface area (Å²) in [7, 11) is 0. The van der Waals surface area contributed by atoms with Crippen molar-refractivity contribution in [3.63, 3.8) is 0 Å². The Morgan fingerprint density at radius 3 is 2.40 bits per heavy atom. The maximum Gasteiger partial charge on any atom is 0.309 e. The molecule has 0 aromatic heterocycles. The van der Waals surface area contributed by atoms with Crippen LogP contribution < -0.4 is 0 Å². The van der Waals surface area contributed by atoms with Crippen molar-refractivity contribution in [3.8, 4) is 0 Å². The molecular formula is C12H22O3. The largest absolute Gasteiger partial charge is 0.481 e. The second-order valence-corrected chi connectivity index (χ2v) is 4.65. The Kier molecular flexibility index (Phi) is 4.14. The van der Waals surface area contributed by atoms with Crippen molar-refractivity contribution in [1.29, 1.82) is 0 Å². The van der Waals surface area contributed by atoms with Gasteiger partial charge in [-0.15, -0.1) is 0 Å². The average Bonchev–Trinajstić information content (AvgIpc) is 3.00. The topological polar surface area (TPSA) is 57.5 Å². The predicted octanol–water partition coefficient (Wildman–Crippen LogP) is 2.43. The van der Waals surface area contributed by atoms with Gasteiger partial charge in [0.1, 0.15) is 0 Å². The van der Waals surface area contributed by atoms with E-state index in [1.165, 1.54) is 0 Å². The van der Waals surface area contributed by atoms with Gasteiger partial charge in [0.15, 0.2) is 0 Å². The number of aliphatic hydroxyl groups is 1. The van der Waals surface area contributed by atoms with E-state index in [1.54, 1.807) is 0 Å². The summed E-state index contributed by atoms with van der Waals surface area (Å²) < 4.78 is 0. The molecular weight excluding hydrogens is 192 g/mol. The van der Waals surface area contributed by atoms with Crippen LogP contribution in [-0.2, 0) is 4.79 Å². The van der Waals surface area contributed by atoms with Crippen molar-refractivity contribution >= 4 is 5.97 Å². The minimum Gasteiger partial charge on any atom is -0.481 e. The Morgan fingerprint density at radius 1 is 1.47 bits per heavy atom. The maximum absolute atomic E-state index is 11.2. The molecule has 2 atom stereocenters. The second kappa shape index (κ2) is 4.97. The van der Waals surface area contributed by atoms with Crippen LogP contribution >= 0.6 is 0 Å². The van der Waals surface area contributed by atoms with E-state index in [1.807, 2.05) is 13.8 Å². The van der Waals surface area contributed by atoms with Crippen LogP contribution in [0.4, 0.5) is 0 Å². The summed E-state index contributed by atoms with van der Waals surface area (Å²) >= 11 is 0. The summed E-state index contributed by atoms with van der Waals surface area (Å²) in [4.78, 5) is 11.2. The SMILES string of the molecule is CCCCC(C(=O)O)C(O)(CC)C1CC1. The molecule has 0 radical (unpaired) electrons. The molecule has 1 aliphatic carbocycles. The van der Waals surface area contributed by atoms with Gasteiger partial charge in [-0.25, -0.2) is 0 Å². The number of hydrogen-bond acceptors (Lipinski definition) is 2. The molecule has 0 spiro atoms. The second-order valence-electron chi connectivity index (χ2n) is 4.65. The highest BCUT2D eigenvalue weighted by atomic mass is 16.4. The first-order chi connectivity index (χ1) is 7.06. The Balaban J connectivity index is 2.70. The highest BCUT2D eigenvalue weighted by Crippen LogP contribution is 2.46. The van der Waals surface area contributed by atoms with Crippen LogP contribution in [-0.4, -0.2) is 21.8 Å². The molecule has 0 bridgehead atoms. The average molecular weight is 214 g/mol. The van der Waals surface area contributed by atoms with Crippen LogP contribution in [0, 0.1) is 11.8 Å². The van der Waals surface area contributed by atoms with Crippen LogP contribution in [0.1, 0.15) is 52.4 Å². The lowest BCUT2D eigenvalue weighted by molar-refractivity contribution is -0.155. The van der Waals surface area contributed by atoms with E-state index in [4.69, 9.17) is 0 Å². The minimum absolute atomic E-state index is 0.223. The lowest BCUT2D eigenvalue weighted by atomic mass is 9.78. The lowest BCUT2D eigenvalue weighted by Crippen LogP contribution is -2.44. The lowest BCUT2D eigenvalue weighted by Gasteiger charge is -2.33. The summed E-state index contributed by atoms with van der Waals surface area (Å²) in [6, 6.07) is 0. The van der Waals surface area contributed by atoms with E-state index < -0.39 is 17.5 Å². The molecule has 2 N–H and O–H groups in total. The van der Waals surface area contributed by atoms with Crippen LogP contribution in [0.25, 0.3) is 0 Å². The number of aliphatic carboxylic acids is 1. The van der Waals surface area contributed by atoms with Crippen molar-refractivity contribution < 1.29 is 15.0 Å². The first-order valence-electron chi connectivity index (χ1n) is 6.01. The van der Waals surface area contributed by atoms with Crippen molar-refractivity contribution in [2.45, 2.75) is 58.0 Å². The summed E-state index contributed by atoms with van der Waals surface area (Å²) in [5, 5.41) is 19.6. The quantitative estimate of drug-likeness (QED) is 0.684. The van der Waals surface area contributed by atoms with Gasteiger partial charge in [0, 0.05) is 0 Å². The van der Waals surface area contributed by atoms with Gasteiger partial charge in [0.2, 0.25) is 0 Å². The van der Waals surface area contributed by atoms with Gasteiger partial charge in [-0.1, -0.05) is 26.7 Å². The van der Waals surface area contributed by atoms with E-state index in [9.17, 15) is 15.0 Å². The number of hydrogen-bond donors (Lipinski definition) is 2. The molecule has 2 unspecified atom stereocenters. The van der Waals surface area contributed by atoms with Crippen molar-refractivity contribution in [3.05, 3.63) is 0 Å². The zero-order chi connectivity index (χ0) is 11.5. The molecule has 0 aromatic carbocycles. The Morgan fingerprint density at radius 2 is 2.07 bits per heavy atom. The Labute approximate surface area is 91.5 Å². The molecule has 0 heterocycles. The third-order valence-electron chi connectivity index (χ3n) is 3.60. The molecule has 3 nitrogen and oxygen atoms in total. The zero-order valence-electron chi connectivity index (χ0n) is 9.70. The third-order valence-corrected chi connectivity index (χ3v) is 3.60. The maximum atomic E-state index is 11.2. The van der Waals surface area contributed by atoms with Crippen molar-refractivity contribution in [2.75, 3.05) is 0 Å². The molecule has 0 saturated heterocycles. The molecule has 0 amide bonds. The van der Waals surface area contributed by atoms with Gasteiger partial charge in [-0.05, 0) is 31.6 Å². The molecule has 88 valence electrons. The first kappa shape index (κ1) is 12.5. The fourth-order valence-corrected chi connectivity index (χ4v) is 2.40. The fraction of sp³-hybridized carbons (Fsp3) is 0.917. The van der Waals surface area contributed by atoms with E-state index in [-0.39, 0.29) is 5.92 Å². The van der Waals surface area contributed by atoms with Crippen LogP contribution in [0.15, 0.2) is 0 Å². The molecule has 0 aromatic rings. The molecule has 1 saturated carbocycles. The Bertz CT molecular complexity index is 223. The highest BCUT2D eigenvalue weighted by molar-refractivity contribution is 5.71. The highest BCUT2D eigenvalue weighted by Gasteiger charge is 2.50. The number of carboxylic acids is 1. The van der Waals surface area contributed by atoms with E-state index in [0.717, 1.165) is 25.7 Å². The van der Waals surface area contributed by atoms with Gasteiger partial charge in [0.05, 0.1) is 11.5 Å². The standard InChI is InChI=1S/C12H22O3/c1-3-5-6-10(11(13)14)12(15,4-2)9-7-8-9/h9-10,15H,3-8H2,1-2H3,(H,13,14). The third kappa shape index (κ3) is 2.71. The Hall–Kier alpha value is -0.570. The number of rotatable bonds is 7. The van der Waals surface area contributed by atoms with Crippen LogP contribution in [0.3, 0.4) is 0 Å². The van der Waals surface area contributed by atoms with Crippen LogP contribution in [0.2, 0.25) is 0 Å². The summed E-state index contributed by atoms with van der Waals surface area (Å²) in [5.74, 6) is -1.19. The van der Waals surface area contributed by atoms with Gasteiger partial charge < -0.3 is 10.2 Å². The summed E-state index contributed by atoms with van der Waals surface area (Å²) in [5.41, 5.74) is -0.957. The van der Waals surface area contributed by atoms with Gasteiger partial charge in [0.25, 0.3) is 0 Å². The number of carbonyl (C=O) groups is 1. The van der Waals surface area contributed by atoms with E-state index >= 15 is 0 Å². The molecule has 1 aliphatic rings. The minimum atomic E-state index is -0.957. The smallest absolute Gasteiger partial charge is 0.309 e.